The zero-order valence-corrected chi connectivity index (χ0v) is 18.9. The molecule has 2 aromatic carbocycles. The molecule has 1 saturated heterocycles. The van der Waals surface area contributed by atoms with Crippen LogP contribution in [-0.2, 0) is 4.79 Å². The van der Waals surface area contributed by atoms with Crippen molar-refractivity contribution in [3.8, 4) is 11.6 Å². The molecule has 5 rings (SSSR count). The molecule has 2 aliphatic rings. The van der Waals surface area contributed by atoms with Gasteiger partial charge in [-0.3, -0.25) is 24.5 Å². The van der Waals surface area contributed by atoms with Crippen molar-refractivity contribution in [1.82, 2.24) is 4.98 Å². The molecular formula is C25H20N4O7. The molecule has 1 aromatic heterocycles. The SMILES string of the molecule is O=C(O)C1CCN(c2nc(Oc3ccc(N4C(=O)c5ccccc5C4=O)cc3)ccc2[N+](=O)[O-])CC1. The van der Waals surface area contributed by atoms with E-state index >= 15 is 0 Å². The first-order valence-electron chi connectivity index (χ1n) is 11.2. The van der Waals surface area contributed by atoms with Gasteiger partial charge < -0.3 is 14.7 Å². The Kier molecular flexibility index (Phi) is 5.80. The molecular weight excluding hydrogens is 468 g/mol. The number of carboxylic acid groups (broad SMARTS) is 1. The maximum atomic E-state index is 12.7. The Hall–Kier alpha value is -4.80. The molecule has 0 bridgehead atoms. The summed E-state index contributed by atoms with van der Waals surface area (Å²) in [7, 11) is 0. The third-order valence-corrected chi connectivity index (χ3v) is 6.28. The first-order chi connectivity index (χ1) is 17.3. The molecule has 182 valence electrons. The van der Waals surface area contributed by atoms with E-state index in [-0.39, 0.29) is 17.4 Å². The van der Waals surface area contributed by atoms with E-state index in [2.05, 4.69) is 4.98 Å². The maximum Gasteiger partial charge on any atom is 0.311 e. The van der Waals surface area contributed by atoms with Gasteiger partial charge in [0.15, 0.2) is 0 Å². The molecule has 0 spiro atoms. The van der Waals surface area contributed by atoms with Crippen molar-refractivity contribution in [2.24, 2.45) is 5.92 Å². The van der Waals surface area contributed by atoms with E-state index in [1.54, 1.807) is 53.4 Å². The minimum Gasteiger partial charge on any atom is -0.481 e. The second-order valence-electron chi connectivity index (χ2n) is 8.44. The Bertz CT molecular complexity index is 1350. The Morgan fingerprint density at radius 3 is 2.14 bits per heavy atom. The fourth-order valence-electron chi connectivity index (χ4n) is 4.40. The highest BCUT2D eigenvalue weighted by Crippen LogP contribution is 2.34. The minimum absolute atomic E-state index is 0.115. The number of nitro groups is 1. The molecule has 0 radical (unpaired) electrons. The van der Waals surface area contributed by atoms with Crippen molar-refractivity contribution in [1.29, 1.82) is 0 Å². The summed E-state index contributed by atoms with van der Waals surface area (Å²) in [5, 5.41) is 20.8. The lowest BCUT2D eigenvalue weighted by molar-refractivity contribution is -0.384. The number of hydrogen-bond donors (Lipinski definition) is 1. The van der Waals surface area contributed by atoms with Gasteiger partial charge in [0, 0.05) is 25.2 Å². The van der Waals surface area contributed by atoms with E-state index in [1.807, 2.05) is 0 Å². The van der Waals surface area contributed by atoms with Gasteiger partial charge in [-0.2, -0.15) is 4.98 Å². The quantitative estimate of drug-likeness (QED) is 0.310. The fourth-order valence-corrected chi connectivity index (χ4v) is 4.40. The topological polar surface area (TPSA) is 143 Å². The number of benzene rings is 2. The number of rotatable bonds is 6. The number of nitrogens with zero attached hydrogens (tertiary/aromatic N) is 4. The lowest BCUT2D eigenvalue weighted by Gasteiger charge is -2.30. The number of amides is 2. The van der Waals surface area contributed by atoms with Crippen molar-refractivity contribution in [2.45, 2.75) is 12.8 Å². The van der Waals surface area contributed by atoms with E-state index in [9.17, 15) is 29.6 Å². The molecule has 2 aliphatic heterocycles. The highest BCUT2D eigenvalue weighted by Gasteiger charge is 2.36. The summed E-state index contributed by atoms with van der Waals surface area (Å²) in [6.45, 7) is 0.645. The van der Waals surface area contributed by atoms with Crippen LogP contribution in [0.3, 0.4) is 0 Å². The summed E-state index contributed by atoms with van der Waals surface area (Å²) < 4.78 is 5.79. The van der Waals surface area contributed by atoms with Gasteiger partial charge >= 0.3 is 11.7 Å². The molecule has 11 heteroatoms. The number of aliphatic carboxylic acids is 1. The number of piperidine rings is 1. The lowest BCUT2D eigenvalue weighted by atomic mass is 9.97. The van der Waals surface area contributed by atoms with Crippen molar-refractivity contribution < 1.29 is 29.2 Å². The van der Waals surface area contributed by atoms with Crippen LogP contribution in [0.15, 0.2) is 60.7 Å². The number of anilines is 2. The second-order valence-corrected chi connectivity index (χ2v) is 8.44. The molecule has 3 heterocycles. The molecule has 36 heavy (non-hydrogen) atoms. The number of aromatic nitrogens is 1. The summed E-state index contributed by atoms with van der Waals surface area (Å²) in [6.07, 6.45) is 0.719. The predicted octanol–water partition coefficient (Wildman–Crippen LogP) is 3.88. The number of carbonyl (C=O) groups is 3. The van der Waals surface area contributed by atoms with Crippen molar-refractivity contribution in [3.05, 3.63) is 81.9 Å². The van der Waals surface area contributed by atoms with Gasteiger partial charge in [-0.1, -0.05) is 12.1 Å². The largest absolute Gasteiger partial charge is 0.481 e. The number of carboxylic acids is 1. The molecule has 0 saturated carbocycles. The van der Waals surface area contributed by atoms with Crippen molar-refractivity contribution >= 4 is 35.0 Å². The average Bonchev–Trinajstić information content (AvgIpc) is 3.14. The molecule has 0 unspecified atom stereocenters. The summed E-state index contributed by atoms with van der Waals surface area (Å²) in [5.41, 5.74) is 0.875. The Labute approximate surface area is 204 Å². The first-order valence-corrected chi connectivity index (χ1v) is 11.2. The van der Waals surface area contributed by atoms with E-state index < -0.39 is 28.6 Å². The van der Waals surface area contributed by atoms with Crippen LogP contribution >= 0.6 is 0 Å². The summed E-state index contributed by atoms with van der Waals surface area (Å²) in [4.78, 5) is 54.7. The van der Waals surface area contributed by atoms with Crippen LogP contribution in [0.2, 0.25) is 0 Å². The summed E-state index contributed by atoms with van der Waals surface area (Å²) in [6, 6.07) is 15.6. The first kappa shape index (κ1) is 23.0. The second kappa shape index (κ2) is 9.10. The van der Waals surface area contributed by atoms with E-state index in [1.165, 1.54) is 12.1 Å². The molecule has 2 amide bonds. The van der Waals surface area contributed by atoms with Gasteiger partial charge in [0.05, 0.1) is 27.7 Å². The van der Waals surface area contributed by atoms with Gasteiger partial charge in [-0.25, -0.2) is 4.90 Å². The summed E-state index contributed by atoms with van der Waals surface area (Å²) >= 11 is 0. The maximum absolute atomic E-state index is 12.7. The zero-order chi connectivity index (χ0) is 25.4. The Morgan fingerprint density at radius 1 is 0.972 bits per heavy atom. The third kappa shape index (κ3) is 4.11. The van der Waals surface area contributed by atoms with Crippen LogP contribution in [-0.4, -0.2) is 45.9 Å². The lowest BCUT2D eigenvalue weighted by Crippen LogP contribution is -2.37. The van der Waals surface area contributed by atoms with Crippen LogP contribution in [0.1, 0.15) is 33.6 Å². The minimum atomic E-state index is -0.876. The van der Waals surface area contributed by atoms with E-state index in [0.29, 0.717) is 48.5 Å². The number of ether oxygens (including phenoxy) is 1. The average molecular weight is 488 g/mol. The van der Waals surface area contributed by atoms with Gasteiger partial charge in [0.25, 0.3) is 11.8 Å². The third-order valence-electron chi connectivity index (χ3n) is 6.28. The Morgan fingerprint density at radius 2 is 1.58 bits per heavy atom. The smallest absolute Gasteiger partial charge is 0.311 e. The van der Waals surface area contributed by atoms with Crippen LogP contribution < -0.4 is 14.5 Å². The zero-order valence-electron chi connectivity index (χ0n) is 18.9. The van der Waals surface area contributed by atoms with Gasteiger partial charge in [-0.15, -0.1) is 0 Å². The number of fused-ring (bicyclic) bond motifs is 1. The van der Waals surface area contributed by atoms with Gasteiger partial charge in [0.2, 0.25) is 11.7 Å². The molecule has 0 atom stereocenters. The summed E-state index contributed by atoms with van der Waals surface area (Å²) in [5.74, 6) is -1.59. The molecule has 3 aromatic rings. The number of imide groups is 1. The van der Waals surface area contributed by atoms with Crippen molar-refractivity contribution in [2.75, 3.05) is 22.9 Å². The van der Waals surface area contributed by atoms with Gasteiger partial charge in [0.1, 0.15) is 5.75 Å². The molecule has 0 aliphatic carbocycles. The molecule has 1 N–H and O–H groups in total. The van der Waals surface area contributed by atoms with Crippen LogP contribution in [0.5, 0.6) is 11.6 Å². The fraction of sp³-hybridized carbons (Fsp3) is 0.200. The van der Waals surface area contributed by atoms with Crippen LogP contribution in [0.4, 0.5) is 17.2 Å². The van der Waals surface area contributed by atoms with Crippen LogP contribution in [0, 0.1) is 16.0 Å². The number of hydrogen-bond acceptors (Lipinski definition) is 8. The Balaban J connectivity index is 1.35. The van der Waals surface area contributed by atoms with Crippen molar-refractivity contribution in [3.63, 3.8) is 0 Å². The number of carbonyl (C=O) groups excluding carboxylic acids is 2. The predicted molar refractivity (Wildman–Crippen MR) is 128 cm³/mol. The normalized spacial score (nSPS) is 15.7. The highest BCUT2D eigenvalue weighted by atomic mass is 16.6. The van der Waals surface area contributed by atoms with Crippen LogP contribution in [0.25, 0.3) is 0 Å². The van der Waals surface area contributed by atoms with E-state index in [4.69, 9.17) is 4.74 Å². The highest BCUT2D eigenvalue weighted by molar-refractivity contribution is 6.34. The number of pyridine rings is 1. The standard InChI is InChI=1S/C25H20N4O7/c30-23-18-3-1-2-4-19(18)24(31)28(23)16-5-7-17(8-6-16)36-21-10-9-20(29(34)35)22(26-21)27-13-11-15(12-14-27)25(32)33/h1-10,15H,11-14H2,(H,32,33). The monoisotopic (exact) mass is 488 g/mol. The molecule has 11 nitrogen and oxygen atoms in total. The van der Waals surface area contributed by atoms with E-state index in [0.717, 1.165) is 4.90 Å². The molecule has 1 fully saturated rings. The van der Waals surface area contributed by atoms with Gasteiger partial charge in [-0.05, 0) is 49.2 Å².